The van der Waals surface area contributed by atoms with Gasteiger partial charge in [-0.25, -0.2) is 0 Å². The number of ketones is 1. The van der Waals surface area contributed by atoms with Gasteiger partial charge < -0.3 is 21.1 Å². The lowest BCUT2D eigenvalue weighted by molar-refractivity contribution is -0.142. The zero-order chi connectivity index (χ0) is 25.5. The zero-order valence-electron chi connectivity index (χ0n) is 21.5. The first-order chi connectivity index (χ1) is 15.9. The number of carbonyl (C=O) groups excluding carboxylic acids is 3. The summed E-state index contributed by atoms with van der Waals surface area (Å²) >= 11 is 0. The molecule has 0 unspecified atom stereocenters. The molecule has 190 valence electrons. The van der Waals surface area contributed by atoms with Gasteiger partial charge >= 0.3 is 0 Å². The zero-order valence-corrected chi connectivity index (χ0v) is 21.5. The van der Waals surface area contributed by atoms with Crippen molar-refractivity contribution in [3.63, 3.8) is 0 Å². The van der Waals surface area contributed by atoms with E-state index in [4.69, 9.17) is 5.73 Å². The van der Waals surface area contributed by atoms with E-state index in [0.29, 0.717) is 25.9 Å². The molecule has 0 aliphatic carbocycles. The number of Topliss-reactive ketones (excluding diaryl/α,β-unsaturated/α-hetero) is 1. The molecule has 1 aromatic rings. The number of unbranched alkanes of at least 4 members (excludes halogenated alkanes) is 1. The predicted molar refractivity (Wildman–Crippen MR) is 134 cm³/mol. The molecule has 2 amide bonds. The number of nitrogens with one attached hydrogen (secondary N) is 1. The Balaban J connectivity index is 1.95. The van der Waals surface area contributed by atoms with Crippen LogP contribution < -0.4 is 11.1 Å². The molecule has 1 heterocycles. The summed E-state index contributed by atoms with van der Waals surface area (Å²) in [4.78, 5) is 39.5. The Kier molecular flexibility index (Phi) is 10.3. The number of amides is 2. The minimum absolute atomic E-state index is 0.0148. The van der Waals surface area contributed by atoms with Crippen molar-refractivity contribution in [2.75, 3.05) is 6.54 Å². The summed E-state index contributed by atoms with van der Waals surface area (Å²) in [5.41, 5.74) is 8.02. The number of benzene rings is 1. The summed E-state index contributed by atoms with van der Waals surface area (Å²) in [6.45, 7) is 10.4. The van der Waals surface area contributed by atoms with Crippen LogP contribution >= 0.6 is 0 Å². The second-order valence-corrected chi connectivity index (χ2v) is 10.7. The lowest BCUT2D eigenvalue weighted by Crippen LogP contribution is -2.49. The van der Waals surface area contributed by atoms with E-state index in [1.807, 2.05) is 38.1 Å². The van der Waals surface area contributed by atoms with Gasteiger partial charge in [-0.15, -0.1) is 0 Å². The normalized spacial score (nSPS) is 18.6. The smallest absolute Gasteiger partial charge is 0.224 e. The number of hydrogen-bond acceptors (Lipinski definition) is 5. The Morgan fingerprint density at radius 2 is 1.88 bits per heavy atom. The fraction of sp³-hybridized carbons (Fsp3) is 0.667. The quantitative estimate of drug-likeness (QED) is 0.404. The van der Waals surface area contributed by atoms with Crippen molar-refractivity contribution in [2.45, 2.75) is 97.9 Å². The average Bonchev–Trinajstić information content (AvgIpc) is 2.77. The van der Waals surface area contributed by atoms with E-state index in [9.17, 15) is 19.5 Å². The van der Waals surface area contributed by atoms with Crippen molar-refractivity contribution in [1.29, 1.82) is 0 Å². The Morgan fingerprint density at radius 1 is 1.24 bits per heavy atom. The lowest BCUT2D eigenvalue weighted by Gasteiger charge is -2.38. The van der Waals surface area contributed by atoms with Crippen LogP contribution in [0.3, 0.4) is 0 Å². The fourth-order valence-corrected chi connectivity index (χ4v) is 4.71. The van der Waals surface area contributed by atoms with Gasteiger partial charge in [0.15, 0.2) is 5.78 Å². The Hall–Kier alpha value is -2.25. The summed E-state index contributed by atoms with van der Waals surface area (Å²) in [7, 11) is 0. The average molecular weight is 474 g/mol. The summed E-state index contributed by atoms with van der Waals surface area (Å²) in [5, 5.41) is 13.5. The van der Waals surface area contributed by atoms with Crippen molar-refractivity contribution in [3.05, 3.63) is 35.4 Å². The minimum Gasteiger partial charge on any atom is -0.391 e. The molecule has 1 aliphatic rings. The van der Waals surface area contributed by atoms with Crippen LogP contribution in [0.2, 0.25) is 0 Å². The molecule has 7 heteroatoms. The van der Waals surface area contributed by atoms with Crippen molar-refractivity contribution < 1.29 is 19.5 Å². The highest BCUT2D eigenvalue weighted by Crippen LogP contribution is 2.32. The van der Waals surface area contributed by atoms with Crippen molar-refractivity contribution in [1.82, 2.24) is 10.2 Å². The van der Waals surface area contributed by atoms with Crippen LogP contribution in [-0.2, 0) is 27.3 Å². The molecular weight excluding hydrogens is 430 g/mol. The fourth-order valence-electron chi connectivity index (χ4n) is 4.71. The first-order valence-corrected chi connectivity index (χ1v) is 12.5. The van der Waals surface area contributed by atoms with E-state index in [-0.39, 0.29) is 36.4 Å². The molecule has 7 nitrogen and oxygen atoms in total. The van der Waals surface area contributed by atoms with Crippen molar-refractivity contribution in [3.8, 4) is 0 Å². The number of nitrogens with two attached hydrogens (primary N) is 1. The molecule has 0 saturated heterocycles. The third-order valence-electron chi connectivity index (χ3n) is 6.82. The van der Waals surface area contributed by atoms with E-state index in [0.717, 1.165) is 24.0 Å². The van der Waals surface area contributed by atoms with Crippen molar-refractivity contribution >= 4 is 17.6 Å². The second kappa shape index (κ2) is 12.5. The molecule has 0 bridgehead atoms. The van der Waals surface area contributed by atoms with E-state index in [2.05, 4.69) is 12.2 Å². The maximum atomic E-state index is 13.3. The molecule has 0 aromatic heterocycles. The van der Waals surface area contributed by atoms with Gasteiger partial charge in [0.05, 0.1) is 12.1 Å². The first kappa shape index (κ1) is 28.0. The summed E-state index contributed by atoms with van der Waals surface area (Å²) in [6, 6.07) is 6.92. The highest BCUT2D eigenvalue weighted by Gasteiger charge is 2.36. The molecule has 0 fully saturated rings. The number of carbonyl (C=O) groups is 3. The Morgan fingerprint density at radius 3 is 2.50 bits per heavy atom. The molecular formula is C27H43N3O4. The van der Waals surface area contributed by atoms with Gasteiger partial charge in [-0.05, 0) is 42.7 Å². The number of rotatable bonds is 12. The van der Waals surface area contributed by atoms with Crippen LogP contribution in [0.4, 0.5) is 0 Å². The molecule has 0 saturated carbocycles. The molecule has 0 radical (unpaired) electrons. The number of aliphatic hydroxyl groups is 1. The summed E-state index contributed by atoms with van der Waals surface area (Å²) < 4.78 is 0. The van der Waals surface area contributed by atoms with Gasteiger partial charge in [-0.2, -0.15) is 0 Å². The standard InChI is InChI=1S/C27H43N3O4/c1-6-7-12-29-26(34)18(2)13-24(32)22(28)15-27(4,5)16-25(33)30-17-21-11-9-8-10-20(21)14-23(30)19(3)31/h8-11,18,22-24,32H,6-7,12-17,28H2,1-5H3,(H,29,34)/t18-,22-,23+,24+/m1/s1. The Labute approximate surface area is 204 Å². The van der Waals surface area contributed by atoms with E-state index < -0.39 is 23.6 Å². The number of nitrogens with zero attached hydrogens (tertiary/aromatic N) is 1. The lowest BCUT2D eigenvalue weighted by atomic mass is 9.79. The van der Waals surface area contributed by atoms with Crippen LogP contribution in [0.25, 0.3) is 0 Å². The van der Waals surface area contributed by atoms with Gasteiger partial charge in [0, 0.05) is 37.9 Å². The first-order valence-electron chi connectivity index (χ1n) is 12.5. The summed E-state index contributed by atoms with van der Waals surface area (Å²) in [6.07, 6.45) is 2.56. The second-order valence-electron chi connectivity index (χ2n) is 10.7. The minimum atomic E-state index is -0.840. The summed E-state index contributed by atoms with van der Waals surface area (Å²) in [5.74, 6) is -0.508. The highest BCUT2D eigenvalue weighted by molar-refractivity contribution is 5.88. The van der Waals surface area contributed by atoms with E-state index in [1.165, 1.54) is 6.92 Å². The van der Waals surface area contributed by atoms with Gasteiger partial charge in [-0.3, -0.25) is 14.4 Å². The molecule has 4 atom stereocenters. The Bertz CT molecular complexity index is 854. The number of aliphatic hydroxyl groups excluding tert-OH is 1. The number of hydrogen-bond donors (Lipinski definition) is 3. The van der Waals surface area contributed by atoms with Gasteiger partial charge in [0.2, 0.25) is 11.8 Å². The van der Waals surface area contributed by atoms with E-state index in [1.54, 1.807) is 11.8 Å². The third kappa shape index (κ3) is 7.91. The van der Waals surface area contributed by atoms with Crippen LogP contribution in [0.5, 0.6) is 0 Å². The maximum absolute atomic E-state index is 13.3. The van der Waals surface area contributed by atoms with Gasteiger partial charge in [-0.1, -0.05) is 58.4 Å². The van der Waals surface area contributed by atoms with Crippen LogP contribution in [-0.4, -0.2) is 52.3 Å². The molecule has 2 rings (SSSR count). The van der Waals surface area contributed by atoms with E-state index >= 15 is 0 Å². The number of fused-ring (bicyclic) bond motifs is 1. The third-order valence-corrected chi connectivity index (χ3v) is 6.82. The van der Waals surface area contributed by atoms with Crippen molar-refractivity contribution in [2.24, 2.45) is 17.1 Å². The molecule has 34 heavy (non-hydrogen) atoms. The molecule has 1 aromatic carbocycles. The monoisotopic (exact) mass is 473 g/mol. The maximum Gasteiger partial charge on any atom is 0.224 e. The van der Waals surface area contributed by atoms with Crippen LogP contribution in [0, 0.1) is 11.3 Å². The van der Waals surface area contributed by atoms with Gasteiger partial charge in [0.25, 0.3) is 0 Å². The highest BCUT2D eigenvalue weighted by atomic mass is 16.3. The van der Waals surface area contributed by atoms with Crippen LogP contribution in [0.15, 0.2) is 24.3 Å². The largest absolute Gasteiger partial charge is 0.391 e. The molecule has 4 N–H and O–H groups in total. The SMILES string of the molecule is CCCCNC(=O)[C@H](C)C[C@H](O)[C@H](N)CC(C)(C)CC(=O)N1Cc2ccccc2C[C@H]1C(C)=O. The molecule has 1 aliphatic heterocycles. The topological polar surface area (TPSA) is 113 Å². The molecule has 0 spiro atoms. The van der Waals surface area contributed by atoms with Gasteiger partial charge in [0.1, 0.15) is 0 Å². The predicted octanol–water partition coefficient (Wildman–Crippen LogP) is 2.97. The van der Waals surface area contributed by atoms with Crippen LogP contribution in [0.1, 0.15) is 77.8 Å².